The Bertz CT molecular complexity index is 316. The highest BCUT2D eigenvalue weighted by Crippen LogP contribution is 2.22. The van der Waals surface area contributed by atoms with Gasteiger partial charge in [0.15, 0.2) is 0 Å². The van der Waals surface area contributed by atoms with Crippen LogP contribution in [-0.2, 0) is 4.79 Å². The van der Waals surface area contributed by atoms with Crippen LogP contribution in [0.2, 0.25) is 0 Å². The number of rotatable bonds is 9. The molecule has 0 aromatic rings. The lowest BCUT2D eigenvalue weighted by molar-refractivity contribution is -0.141. The van der Waals surface area contributed by atoms with Crippen molar-refractivity contribution in [2.24, 2.45) is 5.41 Å². The molecule has 1 unspecified atom stereocenters. The minimum Gasteiger partial charge on any atom is -0.480 e. The lowest BCUT2D eigenvalue weighted by atomic mass is 9.87. The molecule has 0 saturated heterocycles. The first-order valence-electron chi connectivity index (χ1n) is 7.48. The molecule has 0 aromatic carbocycles. The van der Waals surface area contributed by atoms with Crippen LogP contribution in [0.15, 0.2) is 0 Å². The number of carbonyl (C=O) groups excluding carboxylic acids is 1. The molecule has 0 aliphatic heterocycles. The van der Waals surface area contributed by atoms with Crippen molar-refractivity contribution in [1.82, 2.24) is 10.2 Å². The topological polar surface area (TPSA) is 69.6 Å². The number of hydrogen-bond donors (Lipinski definition) is 2. The highest BCUT2D eigenvalue weighted by atomic mass is 16.4. The molecular formula is C15H30N2O3. The predicted molar refractivity (Wildman–Crippen MR) is 80.8 cm³/mol. The number of carbonyl (C=O) groups is 2. The van der Waals surface area contributed by atoms with Gasteiger partial charge in [0.05, 0.1) is 0 Å². The number of carboxylic acid groups (broad SMARTS) is 1. The molecule has 0 aromatic heterocycles. The van der Waals surface area contributed by atoms with Crippen molar-refractivity contribution in [3.05, 3.63) is 0 Å². The first kappa shape index (κ1) is 18.7. The molecule has 0 saturated carbocycles. The van der Waals surface area contributed by atoms with Gasteiger partial charge < -0.3 is 15.3 Å². The van der Waals surface area contributed by atoms with Gasteiger partial charge in [-0.15, -0.1) is 0 Å². The molecule has 0 rings (SSSR count). The number of hydrogen-bond acceptors (Lipinski definition) is 2. The third kappa shape index (κ3) is 6.78. The maximum atomic E-state index is 12.0. The number of urea groups is 1. The van der Waals surface area contributed by atoms with Crippen LogP contribution in [0.5, 0.6) is 0 Å². The van der Waals surface area contributed by atoms with Gasteiger partial charge in [-0.05, 0) is 18.3 Å². The van der Waals surface area contributed by atoms with E-state index in [1.807, 2.05) is 0 Å². The summed E-state index contributed by atoms with van der Waals surface area (Å²) < 4.78 is 0. The fourth-order valence-corrected chi connectivity index (χ4v) is 2.14. The second-order valence-corrected chi connectivity index (χ2v) is 6.15. The fourth-order valence-electron chi connectivity index (χ4n) is 2.14. The van der Waals surface area contributed by atoms with Crippen molar-refractivity contribution in [2.75, 3.05) is 13.6 Å². The molecule has 0 aliphatic rings. The Morgan fingerprint density at radius 2 is 1.85 bits per heavy atom. The van der Waals surface area contributed by atoms with E-state index in [1.165, 1.54) is 24.8 Å². The van der Waals surface area contributed by atoms with E-state index in [0.717, 1.165) is 12.8 Å². The smallest absolute Gasteiger partial charge is 0.326 e. The zero-order valence-electron chi connectivity index (χ0n) is 13.5. The molecule has 118 valence electrons. The first-order valence-corrected chi connectivity index (χ1v) is 7.48. The van der Waals surface area contributed by atoms with Gasteiger partial charge in [-0.1, -0.05) is 47.0 Å². The molecule has 0 heterocycles. The Hall–Kier alpha value is -1.26. The summed E-state index contributed by atoms with van der Waals surface area (Å²) in [6.07, 6.45) is 5.00. The zero-order chi connectivity index (χ0) is 15.8. The molecule has 20 heavy (non-hydrogen) atoms. The molecule has 2 amide bonds. The summed E-state index contributed by atoms with van der Waals surface area (Å²) >= 11 is 0. The van der Waals surface area contributed by atoms with E-state index in [9.17, 15) is 9.59 Å². The molecule has 0 aliphatic carbocycles. The van der Waals surface area contributed by atoms with Gasteiger partial charge in [0, 0.05) is 13.6 Å². The Kier molecular flexibility index (Phi) is 8.26. The monoisotopic (exact) mass is 286 g/mol. The predicted octanol–water partition coefficient (Wildman–Crippen LogP) is 3.10. The van der Waals surface area contributed by atoms with Crippen LogP contribution in [0.3, 0.4) is 0 Å². The molecule has 5 nitrogen and oxygen atoms in total. The molecule has 1 atom stereocenters. The molecule has 0 spiro atoms. The van der Waals surface area contributed by atoms with E-state index in [4.69, 9.17) is 5.11 Å². The lowest BCUT2D eigenvalue weighted by Gasteiger charge is -2.28. The van der Waals surface area contributed by atoms with Crippen LogP contribution in [-0.4, -0.2) is 41.6 Å². The van der Waals surface area contributed by atoms with Crippen LogP contribution >= 0.6 is 0 Å². The third-order valence-electron chi connectivity index (χ3n) is 3.63. The first-order chi connectivity index (χ1) is 9.25. The largest absolute Gasteiger partial charge is 0.480 e. The summed E-state index contributed by atoms with van der Waals surface area (Å²) in [6, 6.07) is -1.08. The highest BCUT2D eigenvalue weighted by Gasteiger charge is 2.26. The average molecular weight is 286 g/mol. The fraction of sp³-hybridized carbons (Fsp3) is 0.867. The number of nitrogens with one attached hydrogen (secondary N) is 1. The van der Waals surface area contributed by atoms with Crippen molar-refractivity contribution < 1.29 is 14.7 Å². The zero-order valence-corrected chi connectivity index (χ0v) is 13.5. The quantitative estimate of drug-likeness (QED) is 0.640. The summed E-state index contributed by atoms with van der Waals surface area (Å²) in [5.41, 5.74) is 0.0383. The van der Waals surface area contributed by atoms with Gasteiger partial charge in [0.1, 0.15) is 6.04 Å². The summed E-state index contributed by atoms with van der Waals surface area (Å²) in [5.74, 6) is -0.965. The van der Waals surface area contributed by atoms with Gasteiger partial charge >= 0.3 is 12.0 Å². The Balaban J connectivity index is 4.29. The van der Waals surface area contributed by atoms with Crippen LogP contribution in [0.25, 0.3) is 0 Å². The maximum Gasteiger partial charge on any atom is 0.326 e. The third-order valence-corrected chi connectivity index (χ3v) is 3.63. The Morgan fingerprint density at radius 3 is 2.30 bits per heavy atom. The Morgan fingerprint density at radius 1 is 1.25 bits per heavy atom. The van der Waals surface area contributed by atoms with E-state index in [-0.39, 0.29) is 11.4 Å². The van der Waals surface area contributed by atoms with E-state index in [2.05, 4.69) is 26.1 Å². The number of aliphatic carboxylic acids is 1. The van der Waals surface area contributed by atoms with Crippen LogP contribution in [0.4, 0.5) is 4.79 Å². The molecule has 5 heteroatoms. The molecule has 0 radical (unpaired) electrons. The van der Waals surface area contributed by atoms with E-state index in [1.54, 1.807) is 6.92 Å². The van der Waals surface area contributed by atoms with Crippen molar-refractivity contribution in [3.63, 3.8) is 0 Å². The van der Waals surface area contributed by atoms with E-state index >= 15 is 0 Å². The number of amides is 2. The number of carboxylic acids is 1. The molecule has 2 N–H and O–H groups in total. The SMILES string of the molecule is CCCCCC(C)(C)CNC(=O)N(C)C(CC)C(=O)O. The molecular weight excluding hydrogens is 256 g/mol. The second-order valence-electron chi connectivity index (χ2n) is 6.15. The van der Waals surface area contributed by atoms with Gasteiger partial charge in [0.2, 0.25) is 0 Å². The molecule has 0 bridgehead atoms. The normalized spacial score (nSPS) is 12.8. The summed E-state index contributed by atoms with van der Waals surface area (Å²) in [7, 11) is 1.53. The number of nitrogens with zero attached hydrogens (tertiary/aromatic N) is 1. The minimum absolute atomic E-state index is 0.0383. The van der Waals surface area contributed by atoms with E-state index < -0.39 is 12.0 Å². The summed E-state index contributed by atoms with van der Waals surface area (Å²) in [5, 5.41) is 11.9. The molecule has 0 fully saturated rings. The van der Waals surface area contributed by atoms with Crippen molar-refractivity contribution in [1.29, 1.82) is 0 Å². The van der Waals surface area contributed by atoms with Crippen molar-refractivity contribution >= 4 is 12.0 Å². The highest BCUT2D eigenvalue weighted by molar-refractivity contribution is 5.82. The average Bonchev–Trinajstić information content (AvgIpc) is 2.36. The van der Waals surface area contributed by atoms with Crippen molar-refractivity contribution in [2.45, 2.75) is 65.8 Å². The maximum absolute atomic E-state index is 12.0. The summed E-state index contributed by atoms with van der Waals surface area (Å²) in [6.45, 7) is 8.74. The lowest BCUT2D eigenvalue weighted by Crippen LogP contribution is -2.48. The van der Waals surface area contributed by atoms with Gasteiger partial charge in [-0.3, -0.25) is 0 Å². The van der Waals surface area contributed by atoms with E-state index in [0.29, 0.717) is 13.0 Å². The number of unbranched alkanes of at least 4 members (excludes halogenated alkanes) is 2. The Labute approximate surface area is 122 Å². The van der Waals surface area contributed by atoms with Crippen LogP contribution in [0, 0.1) is 5.41 Å². The minimum atomic E-state index is -0.965. The van der Waals surface area contributed by atoms with Crippen molar-refractivity contribution in [3.8, 4) is 0 Å². The summed E-state index contributed by atoms with van der Waals surface area (Å²) in [4.78, 5) is 24.3. The standard InChI is InChI=1S/C15H30N2O3/c1-6-8-9-10-15(3,4)11-16-14(20)17(5)12(7-2)13(18)19/h12H,6-11H2,1-5H3,(H,16,20)(H,18,19). The second kappa shape index (κ2) is 8.82. The van der Waals surface area contributed by atoms with Gasteiger partial charge in [-0.25, -0.2) is 9.59 Å². The van der Waals surface area contributed by atoms with Crippen LogP contribution < -0.4 is 5.32 Å². The van der Waals surface area contributed by atoms with Gasteiger partial charge in [-0.2, -0.15) is 0 Å². The van der Waals surface area contributed by atoms with Gasteiger partial charge in [0.25, 0.3) is 0 Å². The van der Waals surface area contributed by atoms with Crippen LogP contribution in [0.1, 0.15) is 59.8 Å². The number of likely N-dealkylation sites (N-methyl/N-ethyl adjacent to an activating group) is 1.